The first-order valence-electron chi connectivity index (χ1n) is 11.6. The molecule has 184 valence electrons. The second kappa shape index (κ2) is 9.96. The molecule has 1 aromatic heterocycles. The van der Waals surface area contributed by atoms with Gasteiger partial charge in [-0.2, -0.15) is 0 Å². The number of carbonyl (C=O) groups is 2. The van der Waals surface area contributed by atoms with E-state index in [0.29, 0.717) is 56.3 Å². The molecule has 0 unspecified atom stereocenters. The van der Waals surface area contributed by atoms with E-state index in [9.17, 15) is 14.0 Å². The Balaban J connectivity index is 1.47. The maximum atomic E-state index is 14.6. The topological polar surface area (TPSA) is 123 Å². The highest BCUT2D eigenvalue weighted by atomic mass is 19.1. The maximum Gasteiger partial charge on any atom is 0.261 e. The number of carbonyl (C=O) groups excluding carboxylic acids is 2. The molecular formula is C24H27FN6O4. The Morgan fingerprint density at radius 2 is 1.94 bits per heavy atom. The van der Waals surface area contributed by atoms with E-state index in [-0.39, 0.29) is 30.5 Å². The molecule has 2 saturated heterocycles. The van der Waals surface area contributed by atoms with Gasteiger partial charge >= 0.3 is 0 Å². The van der Waals surface area contributed by atoms with Crippen molar-refractivity contribution in [2.45, 2.75) is 25.2 Å². The summed E-state index contributed by atoms with van der Waals surface area (Å²) < 4.78 is 25.3. The molecule has 0 saturated carbocycles. The molecule has 3 N–H and O–H groups in total. The number of anilines is 2. The first-order chi connectivity index (χ1) is 17.1. The van der Waals surface area contributed by atoms with Crippen LogP contribution in [0.4, 0.5) is 15.8 Å². The summed E-state index contributed by atoms with van der Waals surface area (Å²) in [4.78, 5) is 38.3. The smallest absolute Gasteiger partial charge is 0.261 e. The van der Waals surface area contributed by atoms with Crippen LogP contribution in [0.25, 0.3) is 5.57 Å². The van der Waals surface area contributed by atoms with Crippen molar-refractivity contribution in [1.82, 2.24) is 14.9 Å². The van der Waals surface area contributed by atoms with Crippen molar-refractivity contribution >= 4 is 28.8 Å². The lowest BCUT2D eigenvalue weighted by Crippen LogP contribution is -2.47. The minimum atomic E-state index is -1.23. The number of benzene rings is 1. The zero-order valence-electron chi connectivity index (χ0n) is 19.2. The minimum absolute atomic E-state index is 0.0130. The average molecular weight is 483 g/mol. The van der Waals surface area contributed by atoms with Gasteiger partial charge in [-0.05, 0) is 30.2 Å². The van der Waals surface area contributed by atoms with Gasteiger partial charge in [-0.25, -0.2) is 14.4 Å². The zero-order chi connectivity index (χ0) is 24.4. The van der Waals surface area contributed by atoms with E-state index >= 15 is 0 Å². The number of morpholine rings is 1. The van der Waals surface area contributed by atoms with Gasteiger partial charge in [0.15, 0.2) is 5.82 Å². The Labute approximate surface area is 201 Å². The number of nitrogens with one attached hydrogen (secondary N) is 1. The first kappa shape index (κ1) is 23.2. The summed E-state index contributed by atoms with van der Waals surface area (Å²) in [5.41, 5.74) is 8.34. The number of nitrogens with two attached hydrogens (primary N) is 1. The van der Waals surface area contributed by atoms with E-state index in [0.717, 1.165) is 5.56 Å². The Kier molecular flexibility index (Phi) is 6.60. The molecule has 1 aromatic carbocycles. The van der Waals surface area contributed by atoms with E-state index in [1.165, 1.54) is 18.6 Å². The molecule has 0 radical (unpaired) electrons. The van der Waals surface area contributed by atoms with Crippen molar-refractivity contribution < 1.29 is 23.5 Å². The summed E-state index contributed by atoms with van der Waals surface area (Å²) in [6, 6.07) is 4.70. The first-order valence-corrected chi connectivity index (χ1v) is 11.6. The average Bonchev–Trinajstić information content (AvgIpc) is 3.20. The van der Waals surface area contributed by atoms with Crippen molar-refractivity contribution in [3.05, 3.63) is 53.7 Å². The third-order valence-electron chi connectivity index (χ3n) is 6.52. The van der Waals surface area contributed by atoms with Crippen LogP contribution in [0, 0.1) is 0 Å². The molecule has 3 aliphatic heterocycles. The molecule has 2 atom stereocenters. The summed E-state index contributed by atoms with van der Waals surface area (Å²) in [6.07, 6.45) is 3.44. The molecule has 2 amide bonds. The Hall–Kier alpha value is -3.57. The lowest BCUT2D eigenvalue weighted by atomic mass is 10.1. The molecule has 0 aliphatic carbocycles. The number of aromatic nitrogens is 2. The van der Waals surface area contributed by atoms with Gasteiger partial charge in [-0.15, -0.1) is 0 Å². The van der Waals surface area contributed by atoms with Gasteiger partial charge in [0.2, 0.25) is 0 Å². The lowest BCUT2D eigenvalue weighted by molar-refractivity contribution is -0.111. The van der Waals surface area contributed by atoms with E-state index in [2.05, 4.69) is 20.2 Å². The standard InChI is InChI=1S/C24H27FN6O4/c25-18-14-35-7-2-20(18)31-13-15-10-19(29-23(32)17(12-26)22-27-3-1-4-28-22)21(11-16(15)24(31)33)30-5-8-34-9-6-30/h1,3-4,10-12,18,20H,2,5-9,13-14,26H2,(H,29,32)/b17-12+/t18-,20-/m0/s1. The number of rotatable bonds is 5. The largest absolute Gasteiger partial charge is 0.404 e. The van der Waals surface area contributed by atoms with Crippen LogP contribution in [0.15, 0.2) is 36.8 Å². The van der Waals surface area contributed by atoms with Crippen LogP contribution in [0.5, 0.6) is 0 Å². The third kappa shape index (κ3) is 4.56. The maximum absolute atomic E-state index is 14.6. The highest BCUT2D eigenvalue weighted by molar-refractivity contribution is 6.25. The van der Waals surface area contributed by atoms with Crippen LogP contribution < -0.4 is 16.0 Å². The lowest BCUT2D eigenvalue weighted by Gasteiger charge is -2.33. The van der Waals surface area contributed by atoms with Gasteiger partial charge < -0.3 is 30.3 Å². The molecule has 5 rings (SSSR count). The van der Waals surface area contributed by atoms with Gasteiger partial charge in [0.1, 0.15) is 6.17 Å². The molecule has 0 spiro atoms. The van der Waals surface area contributed by atoms with Crippen molar-refractivity contribution in [3.63, 3.8) is 0 Å². The Morgan fingerprint density at radius 3 is 2.66 bits per heavy atom. The molecule has 2 fully saturated rings. The normalized spacial score (nSPS) is 22.8. The number of halogens is 1. The van der Waals surface area contributed by atoms with Gasteiger partial charge in [-0.1, -0.05) is 0 Å². The molecule has 4 heterocycles. The summed E-state index contributed by atoms with van der Waals surface area (Å²) in [7, 11) is 0. The van der Waals surface area contributed by atoms with Crippen LogP contribution in [0.2, 0.25) is 0 Å². The highest BCUT2D eigenvalue weighted by Gasteiger charge is 2.39. The molecule has 0 bridgehead atoms. The van der Waals surface area contributed by atoms with Crippen LogP contribution >= 0.6 is 0 Å². The Morgan fingerprint density at radius 1 is 1.17 bits per heavy atom. The second-order valence-electron chi connectivity index (χ2n) is 8.61. The van der Waals surface area contributed by atoms with Gasteiger partial charge in [0.25, 0.3) is 11.8 Å². The predicted molar refractivity (Wildman–Crippen MR) is 126 cm³/mol. The minimum Gasteiger partial charge on any atom is -0.404 e. The number of ether oxygens (including phenoxy) is 2. The number of hydrogen-bond acceptors (Lipinski definition) is 8. The van der Waals surface area contributed by atoms with E-state index in [1.807, 2.05) is 0 Å². The van der Waals surface area contributed by atoms with E-state index < -0.39 is 18.1 Å². The summed E-state index contributed by atoms with van der Waals surface area (Å²) in [6.45, 7) is 2.94. The predicted octanol–water partition coefficient (Wildman–Crippen LogP) is 1.33. The van der Waals surface area contributed by atoms with Crippen LogP contribution in [-0.4, -0.2) is 78.4 Å². The number of fused-ring (bicyclic) bond motifs is 1. The molecule has 10 nitrogen and oxygen atoms in total. The van der Waals surface area contributed by atoms with E-state index in [1.54, 1.807) is 23.1 Å². The highest BCUT2D eigenvalue weighted by Crippen LogP contribution is 2.37. The van der Waals surface area contributed by atoms with Crippen molar-refractivity contribution in [2.75, 3.05) is 49.7 Å². The fourth-order valence-corrected chi connectivity index (χ4v) is 4.73. The number of nitrogens with zero attached hydrogens (tertiary/aromatic N) is 4. The van der Waals surface area contributed by atoms with Gasteiger partial charge in [-0.3, -0.25) is 9.59 Å². The SMILES string of the molecule is N/C=C(/C(=O)Nc1cc2c(cc1N1CCOCC1)C(=O)N([C@H]1CCOC[C@@H]1F)C2)c1ncccn1. The number of alkyl halides is 1. The van der Waals surface area contributed by atoms with Gasteiger partial charge in [0.05, 0.1) is 42.8 Å². The monoisotopic (exact) mass is 482 g/mol. The fraction of sp³-hybridized carbons (Fsp3) is 0.417. The van der Waals surface area contributed by atoms with E-state index in [4.69, 9.17) is 15.2 Å². The number of amides is 2. The van der Waals surface area contributed by atoms with Gasteiger partial charge in [0, 0.05) is 50.4 Å². The summed E-state index contributed by atoms with van der Waals surface area (Å²) >= 11 is 0. The molecular weight excluding hydrogens is 455 g/mol. The van der Waals surface area contributed by atoms with Crippen LogP contribution in [-0.2, 0) is 20.8 Å². The quantitative estimate of drug-likeness (QED) is 0.612. The molecule has 2 aromatic rings. The Bertz CT molecular complexity index is 1140. The van der Waals surface area contributed by atoms with Crippen molar-refractivity contribution in [1.29, 1.82) is 0 Å². The second-order valence-corrected chi connectivity index (χ2v) is 8.61. The molecule has 3 aliphatic rings. The molecule has 11 heteroatoms. The zero-order valence-corrected chi connectivity index (χ0v) is 19.2. The van der Waals surface area contributed by atoms with Crippen LogP contribution in [0.1, 0.15) is 28.2 Å². The van der Waals surface area contributed by atoms with Crippen molar-refractivity contribution in [2.24, 2.45) is 5.73 Å². The summed E-state index contributed by atoms with van der Waals surface area (Å²) in [5, 5.41) is 2.93. The van der Waals surface area contributed by atoms with Crippen LogP contribution in [0.3, 0.4) is 0 Å². The number of hydrogen-bond donors (Lipinski definition) is 2. The van der Waals surface area contributed by atoms with Crippen molar-refractivity contribution in [3.8, 4) is 0 Å². The molecule has 35 heavy (non-hydrogen) atoms. The summed E-state index contributed by atoms with van der Waals surface area (Å²) in [5.74, 6) is -0.471. The third-order valence-corrected chi connectivity index (χ3v) is 6.52. The fourth-order valence-electron chi connectivity index (χ4n) is 4.73.